The SMILES string of the molecule is CC(C)NC[C@H]1CCCN(C(C)C)C1. The molecule has 1 aliphatic rings. The third-order valence-corrected chi connectivity index (χ3v) is 3.10. The number of rotatable bonds is 4. The molecule has 0 saturated carbocycles. The zero-order chi connectivity index (χ0) is 10.6. The Morgan fingerprint density at radius 2 is 2.00 bits per heavy atom. The molecule has 14 heavy (non-hydrogen) atoms. The molecule has 2 nitrogen and oxygen atoms in total. The molecule has 0 unspecified atom stereocenters. The Labute approximate surface area is 89.1 Å². The molecule has 1 heterocycles. The van der Waals surface area contributed by atoms with Crippen LogP contribution in [-0.4, -0.2) is 36.6 Å². The fourth-order valence-electron chi connectivity index (χ4n) is 2.14. The van der Waals surface area contributed by atoms with Crippen molar-refractivity contribution in [3.8, 4) is 0 Å². The Hall–Kier alpha value is -0.0800. The summed E-state index contributed by atoms with van der Waals surface area (Å²) in [4.78, 5) is 2.61. The van der Waals surface area contributed by atoms with Gasteiger partial charge in [0.1, 0.15) is 0 Å². The average Bonchev–Trinajstić information content (AvgIpc) is 2.15. The van der Waals surface area contributed by atoms with Crippen molar-refractivity contribution in [3.63, 3.8) is 0 Å². The second-order valence-electron chi connectivity index (χ2n) is 5.16. The molecule has 1 saturated heterocycles. The first kappa shape index (κ1) is 12.0. The van der Waals surface area contributed by atoms with Gasteiger partial charge in [-0.3, -0.25) is 0 Å². The summed E-state index contributed by atoms with van der Waals surface area (Å²) in [6.07, 6.45) is 2.78. The topological polar surface area (TPSA) is 15.3 Å². The van der Waals surface area contributed by atoms with E-state index in [1.807, 2.05) is 0 Å². The minimum absolute atomic E-state index is 0.629. The van der Waals surface area contributed by atoms with Crippen LogP contribution in [0.25, 0.3) is 0 Å². The molecule has 2 heteroatoms. The van der Waals surface area contributed by atoms with Crippen molar-refractivity contribution >= 4 is 0 Å². The standard InChI is InChI=1S/C12H26N2/c1-10(2)13-8-12-6-5-7-14(9-12)11(3)4/h10-13H,5-9H2,1-4H3/t12-/m1/s1. The highest BCUT2D eigenvalue weighted by atomic mass is 15.2. The smallest absolute Gasteiger partial charge is 0.00387 e. The second-order valence-corrected chi connectivity index (χ2v) is 5.16. The maximum absolute atomic E-state index is 3.55. The molecule has 1 aliphatic heterocycles. The van der Waals surface area contributed by atoms with Gasteiger partial charge < -0.3 is 10.2 Å². The first-order chi connectivity index (χ1) is 6.59. The molecule has 1 N–H and O–H groups in total. The van der Waals surface area contributed by atoms with Gasteiger partial charge in [0, 0.05) is 18.6 Å². The molecule has 1 fully saturated rings. The van der Waals surface area contributed by atoms with Gasteiger partial charge in [-0.2, -0.15) is 0 Å². The molecule has 84 valence electrons. The van der Waals surface area contributed by atoms with E-state index < -0.39 is 0 Å². The first-order valence-corrected chi connectivity index (χ1v) is 6.07. The van der Waals surface area contributed by atoms with Gasteiger partial charge in [-0.25, -0.2) is 0 Å². The number of hydrogen-bond donors (Lipinski definition) is 1. The lowest BCUT2D eigenvalue weighted by molar-refractivity contribution is 0.137. The van der Waals surface area contributed by atoms with Crippen molar-refractivity contribution in [2.75, 3.05) is 19.6 Å². The lowest BCUT2D eigenvalue weighted by Crippen LogP contribution is -2.43. The Bertz CT molecular complexity index is 154. The zero-order valence-electron chi connectivity index (χ0n) is 10.2. The Kier molecular flexibility index (Phi) is 4.90. The highest BCUT2D eigenvalue weighted by Gasteiger charge is 2.21. The Morgan fingerprint density at radius 1 is 1.29 bits per heavy atom. The number of nitrogens with zero attached hydrogens (tertiary/aromatic N) is 1. The molecule has 0 radical (unpaired) electrons. The lowest BCUT2D eigenvalue weighted by Gasteiger charge is -2.35. The van der Waals surface area contributed by atoms with E-state index in [9.17, 15) is 0 Å². The largest absolute Gasteiger partial charge is 0.314 e. The molecule has 0 aromatic carbocycles. The normalized spacial score (nSPS) is 24.9. The molecular weight excluding hydrogens is 172 g/mol. The summed E-state index contributed by atoms with van der Waals surface area (Å²) < 4.78 is 0. The van der Waals surface area contributed by atoms with Crippen LogP contribution in [0.5, 0.6) is 0 Å². The van der Waals surface area contributed by atoms with Gasteiger partial charge in [-0.1, -0.05) is 13.8 Å². The fourth-order valence-corrected chi connectivity index (χ4v) is 2.14. The van der Waals surface area contributed by atoms with Crippen LogP contribution in [-0.2, 0) is 0 Å². The fraction of sp³-hybridized carbons (Fsp3) is 1.00. The van der Waals surface area contributed by atoms with Crippen molar-refractivity contribution in [2.45, 2.75) is 52.6 Å². The zero-order valence-corrected chi connectivity index (χ0v) is 10.2. The van der Waals surface area contributed by atoms with E-state index in [-0.39, 0.29) is 0 Å². The van der Waals surface area contributed by atoms with Crippen molar-refractivity contribution in [2.24, 2.45) is 5.92 Å². The Balaban J connectivity index is 2.25. The minimum Gasteiger partial charge on any atom is -0.314 e. The number of piperidine rings is 1. The molecule has 0 amide bonds. The van der Waals surface area contributed by atoms with E-state index in [0.29, 0.717) is 6.04 Å². The van der Waals surface area contributed by atoms with E-state index in [4.69, 9.17) is 0 Å². The molecule has 0 aromatic rings. The van der Waals surface area contributed by atoms with Gasteiger partial charge in [0.2, 0.25) is 0 Å². The second kappa shape index (κ2) is 5.72. The maximum Gasteiger partial charge on any atom is 0.00387 e. The number of nitrogens with one attached hydrogen (secondary N) is 1. The summed E-state index contributed by atoms with van der Waals surface area (Å²) >= 11 is 0. The monoisotopic (exact) mass is 198 g/mol. The summed E-state index contributed by atoms with van der Waals surface area (Å²) in [5, 5.41) is 3.55. The van der Waals surface area contributed by atoms with Crippen molar-refractivity contribution in [3.05, 3.63) is 0 Å². The highest BCUT2D eigenvalue weighted by molar-refractivity contribution is 4.76. The summed E-state index contributed by atoms with van der Waals surface area (Å²) in [7, 11) is 0. The van der Waals surface area contributed by atoms with Gasteiger partial charge in [-0.15, -0.1) is 0 Å². The van der Waals surface area contributed by atoms with Crippen LogP contribution in [0.4, 0.5) is 0 Å². The van der Waals surface area contributed by atoms with E-state index in [1.54, 1.807) is 0 Å². The minimum atomic E-state index is 0.629. The van der Waals surface area contributed by atoms with Gasteiger partial charge in [0.05, 0.1) is 0 Å². The highest BCUT2D eigenvalue weighted by Crippen LogP contribution is 2.17. The van der Waals surface area contributed by atoms with Crippen molar-refractivity contribution in [1.82, 2.24) is 10.2 Å². The van der Waals surface area contributed by atoms with Crippen molar-refractivity contribution in [1.29, 1.82) is 0 Å². The van der Waals surface area contributed by atoms with Crippen LogP contribution in [0.15, 0.2) is 0 Å². The maximum atomic E-state index is 3.55. The van der Waals surface area contributed by atoms with Crippen molar-refractivity contribution < 1.29 is 0 Å². The number of hydrogen-bond acceptors (Lipinski definition) is 2. The van der Waals surface area contributed by atoms with Crippen LogP contribution in [0, 0.1) is 5.92 Å². The predicted molar refractivity (Wildman–Crippen MR) is 62.6 cm³/mol. The van der Waals surface area contributed by atoms with Crippen LogP contribution in [0.1, 0.15) is 40.5 Å². The van der Waals surface area contributed by atoms with Crippen LogP contribution in [0.2, 0.25) is 0 Å². The van der Waals surface area contributed by atoms with Gasteiger partial charge in [0.15, 0.2) is 0 Å². The van der Waals surface area contributed by atoms with Gasteiger partial charge in [-0.05, 0) is 45.7 Å². The van der Waals surface area contributed by atoms with Crippen LogP contribution in [0.3, 0.4) is 0 Å². The molecule has 0 aromatic heterocycles. The number of likely N-dealkylation sites (tertiary alicyclic amines) is 1. The lowest BCUT2D eigenvalue weighted by atomic mass is 9.97. The molecular formula is C12H26N2. The molecule has 0 aliphatic carbocycles. The average molecular weight is 198 g/mol. The molecule has 0 bridgehead atoms. The summed E-state index contributed by atoms with van der Waals surface area (Å²) in [6.45, 7) is 12.8. The third kappa shape index (κ3) is 3.97. The van der Waals surface area contributed by atoms with E-state index >= 15 is 0 Å². The third-order valence-electron chi connectivity index (χ3n) is 3.10. The van der Waals surface area contributed by atoms with Gasteiger partial charge >= 0.3 is 0 Å². The molecule has 1 atom stereocenters. The molecule has 1 rings (SSSR count). The summed E-state index contributed by atoms with van der Waals surface area (Å²) in [5.41, 5.74) is 0. The van der Waals surface area contributed by atoms with E-state index in [1.165, 1.54) is 32.5 Å². The Morgan fingerprint density at radius 3 is 2.57 bits per heavy atom. The quantitative estimate of drug-likeness (QED) is 0.744. The van der Waals surface area contributed by atoms with E-state index in [2.05, 4.69) is 37.9 Å². The van der Waals surface area contributed by atoms with E-state index in [0.717, 1.165) is 12.0 Å². The first-order valence-electron chi connectivity index (χ1n) is 6.07. The van der Waals surface area contributed by atoms with Crippen LogP contribution >= 0.6 is 0 Å². The van der Waals surface area contributed by atoms with Crippen LogP contribution < -0.4 is 5.32 Å². The van der Waals surface area contributed by atoms with Gasteiger partial charge in [0.25, 0.3) is 0 Å². The predicted octanol–water partition coefficient (Wildman–Crippen LogP) is 2.10. The molecule has 0 spiro atoms. The summed E-state index contributed by atoms with van der Waals surface area (Å²) in [5.74, 6) is 0.869. The summed E-state index contributed by atoms with van der Waals surface area (Å²) in [6, 6.07) is 1.35.